The maximum Gasteiger partial charge on any atom is 0.417 e. The van der Waals surface area contributed by atoms with E-state index < -0.39 is 21.8 Å². The van der Waals surface area contributed by atoms with Gasteiger partial charge in [-0.3, -0.25) is 4.98 Å². The van der Waals surface area contributed by atoms with Crippen molar-refractivity contribution < 1.29 is 21.6 Å². The third-order valence-electron chi connectivity index (χ3n) is 3.45. The highest BCUT2D eigenvalue weighted by atomic mass is 32.2. The van der Waals surface area contributed by atoms with Gasteiger partial charge in [0, 0.05) is 17.8 Å². The van der Waals surface area contributed by atoms with E-state index in [9.17, 15) is 21.6 Å². The Kier molecular flexibility index (Phi) is 3.89. The number of hydrogen-bond donors (Lipinski definition) is 1. The van der Waals surface area contributed by atoms with Crippen molar-refractivity contribution in [1.82, 2.24) is 9.71 Å². The normalized spacial score (nSPS) is 15.6. The van der Waals surface area contributed by atoms with Crippen LogP contribution >= 0.6 is 0 Å². The molecule has 122 valence electrons. The maximum absolute atomic E-state index is 12.5. The summed E-state index contributed by atoms with van der Waals surface area (Å²) in [6, 6.07) is 8.10. The Bertz CT molecular complexity index is 796. The largest absolute Gasteiger partial charge is 0.417 e. The number of sulfonamides is 1. The minimum atomic E-state index is -4.43. The standard InChI is InChI=1S/C15H13F3N2O2S/c16-15(17,18)11-3-8-14(19-9-11)10-1-6-13(7-2-10)23(21,22)20-12-4-5-12/h1-3,6-9,12,20H,4-5H2. The number of rotatable bonds is 4. The molecule has 1 aliphatic rings. The Labute approximate surface area is 131 Å². The number of aromatic nitrogens is 1. The molecule has 1 saturated carbocycles. The first-order chi connectivity index (χ1) is 10.8. The number of hydrogen-bond acceptors (Lipinski definition) is 3. The van der Waals surface area contributed by atoms with Gasteiger partial charge < -0.3 is 0 Å². The van der Waals surface area contributed by atoms with E-state index in [1.54, 1.807) is 0 Å². The van der Waals surface area contributed by atoms with Gasteiger partial charge in [0.2, 0.25) is 10.0 Å². The van der Waals surface area contributed by atoms with E-state index in [0.29, 0.717) is 11.3 Å². The predicted molar refractivity (Wildman–Crippen MR) is 78.0 cm³/mol. The van der Waals surface area contributed by atoms with E-state index in [1.165, 1.54) is 30.3 Å². The zero-order valence-corrected chi connectivity index (χ0v) is 12.7. The third kappa shape index (κ3) is 3.70. The molecule has 4 nitrogen and oxygen atoms in total. The van der Waals surface area contributed by atoms with Crippen molar-refractivity contribution in [3.8, 4) is 11.3 Å². The maximum atomic E-state index is 12.5. The lowest BCUT2D eigenvalue weighted by molar-refractivity contribution is -0.137. The second-order valence-electron chi connectivity index (χ2n) is 5.35. The summed E-state index contributed by atoms with van der Waals surface area (Å²) in [6.45, 7) is 0. The second kappa shape index (κ2) is 5.61. The van der Waals surface area contributed by atoms with Crippen molar-refractivity contribution in [3.05, 3.63) is 48.2 Å². The fourth-order valence-electron chi connectivity index (χ4n) is 2.03. The summed E-state index contributed by atoms with van der Waals surface area (Å²) in [7, 11) is -3.54. The molecular weight excluding hydrogens is 329 g/mol. The first-order valence-corrected chi connectivity index (χ1v) is 8.40. The van der Waals surface area contributed by atoms with E-state index >= 15 is 0 Å². The number of nitrogens with one attached hydrogen (secondary N) is 1. The fraction of sp³-hybridized carbons (Fsp3) is 0.267. The smallest absolute Gasteiger partial charge is 0.256 e. The van der Waals surface area contributed by atoms with Gasteiger partial charge in [-0.2, -0.15) is 13.2 Å². The van der Waals surface area contributed by atoms with Crippen LogP contribution in [0.3, 0.4) is 0 Å². The summed E-state index contributed by atoms with van der Waals surface area (Å²) in [5, 5.41) is 0. The summed E-state index contributed by atoms with van der Waals surface area (Å²) < 4.78 is 64.1. The lowest BCUT2D eigenvalue weighted by Crippen LogP contribution is -2.25. The van der Waals surface area contributed by atoms with Crippen LogP contribution in [-0.4, -0.2) is 19.4 Å². The lowest BCUT2D eigenvalue weighted by Gasteiger charge is -2.08. The Morgan fingerprint density at radius 2 is 1.70 bits per heavy atom. The number of pyridine rings is 1. The van der Waals surface area contributed by atoms with E-state index in [2.05, 4.69) is 9.71 Å². The van der Waals surface area contributed by atoms with Crippen LogP contribution in [0.1, 0.15) is 18.4 Å². The molecule has 1 aromatic carbocycles. The molecule has 1 fully saturated rings. The number of nitrogens with zero attached hydrogens (tertiary/aromatic N) is 1. The van der Waals surface area contributed by atoms with Gasteiger partial charge in [0.25, 0.3) is 0 Å². The molecule has 0 radical (unpaired) electrons. The number of benzene rings is 1. The Hall–Kier alpha value is -1.93. The van der Waals surface area contributed by atoms with Crippen molar-refractivity contribution in [2.75, 3.05) is 0 Å². The van der Waals surface area contributed by atoms with Crippen molar-refractivity contribution in [2.45, 2.75) is 30.0 Å². The molecule has 1 aromatic heterocycles. The number of halogens is 3. The molecule has 1 N–H and O–H groups in total. The first-order valence-electron chi connectivity index (χ1n) is 6.92. The monoisotopic (exact) mass is 342 g/mol. The van der Waals surface area contributed by atoms with Gasteiger partial charge in [0.15, 0.2) is 0 Å². The van der Waals surface area contributed by atoms with Crippen molar-refractivity contribution in [1.29, 1.82) is 0 Å². The van der Waals surface area contributed by atoms with Gasteiger partial charge in [-0.15, -0.1) is 0 Å². The average Bonchev–Trinajstić information content (AvgIpc) is 3.30. The highest BCUT2D eigenvalue weighted by Gasteiger charge is 2.31. The van der Waals surface area contributed by atoms with E-state index in [4.69, 9.17) is 0 Å². The molecule has 23 heavy (non-hydrogen) atoms. The average molecular weight is 342 g/mol. The van der Waals surface area contributed by atoms with Crippen LogP contribution in [0.5, 0.6) is 0 Å². The minimum absolute atomic E-state index is 0.0104. The molecule has 0 bridgehead atoms. The molecule has 1 heterocycles. The van der Waals surface area contributed by atoms with E-state index in [1.807, 2.05) is 0 Å². The quantitative estimate of drug-likeness (QED) is 0.928. The van der Waals surface area contributed by atoms with Crippen LogP contribution < -0.4 is 4.72 Å². The summed E-state index contributed by atoms with van der Waals surface area (Å²) in [6.07, 6.45) is -1.99. The molecule has 0 atom stereocenters. The molecule has 0 unspecified atom stereocenters. The van der Waals surface area contributed by atoms with Crippen molar-refractivity contribution >= 4 is 10.0 Å². The molecule has 0 amide bonds. The van der Waals surface area contributed by atoms with Gasteiger partial charge in [-0.05, 0) is 37.1 Å². The first kappa shape index (κ1) is 15.9. The summed E-state index contributed by atoms with van der Waals surface area (Å²) in [4.78, 5) is 3.91. The molecule has 3 rings (SSSR count). The highest BCUT2D eigenvalue weighted by Crippen LogP contribution is 2.30. The summed E-state index contributed by atoms with van der Waals surface area (Å²) in [5.74, 6) is 0. The Morgan fingerprint density at radius 3 is 2.17 bits per heavy atom. The van der Waals surface area contributed by atoms with Crippen LogP contribution in [0.15, 0.2) is 47.5 Å². The molecule has 0 aliphatic heterocycles. The zero-order valence-electron chi connectivity index (χ0n) is 11.8. The SMILES string of the molecule is O=S(=O)(NC1CC1)c1ccc(-c2ccc(C(F)(F)F)cn2)cc1. The van der Waals surface area contributed by atoms with Crippen molar-refractivity contribution in [2.24, 2.45) is 0 Å². The fourth-order valence-corrected chi connectivity index (χ4v) is 3.33. The van der Waals surface area contributed by atoms with Crippen LogP contribution in [-0.2, 0) is 16.2 Å². The van der Waals surface area contributed by atoms with Gasteiger partial charge in [0.05, 0.1) is 16.2 Å². The zero-order chi connectivity index (χ0) is 16.7. The van der Waals surface area contributed by atoms with Crippen LogP contribution in [0.25, 0.3) is 11.3 Å². The summed E-state index contributed by atoms with van der Waals surface area (Å²) in [5.41, 5.74) is 0.0651. The molecule has 1 aliphatic carbocycles. The lowest BCUT2D eigenvalue weighted by atomic mass is 10.1. The minimum Gasteiger partial charge on any atom is -0.256 e. The predicted octanol–water partition coefficient (Wildman–Crippen LogP) is 3.21. The van der Waals surface area contributed by atoms with E-state index in [-0.39, 0.29) is 10.9 Å². The molecule has 8 heteroatoms. The topological polar surface area (TPSA) is 59.1 Å². The Balaban J connectivity index is 1.82. The molecule has 0 saturated heterocycles. The van der Waals surface area contributed by atoms with Gasteiger partial charge in [-0.25, -0.2) is 13.1 Å². The second-order valence-corrected chi connectivity index (χ2v) is 7.06. The molecule has 0 spiro atoms. The van der Waals surface area contributed by atoms with Crippen LogP contribution in [0.2, 0.25) is 0 Å². The van der Waals surface area contributed by atoms with Crippen LogP contribution in [0.4, 0.5) is 13.2 Å². The third-order valence-corrected chi connectivity index (χ3v) is 4.99. The van der Waals surface area contributed by atoms with Gasteiger partial charge in [-0.1, -0.05) is 12.1 Å². The molecule has 2 aromatic rings. The Morgan fingerprint density at radius 1 is 1.04 bits per heavy atom. The van der Waals surface area contributed by atoms with Gasteiger partial charge in [0.1, 0.15) is 0 Å². The van der Waals surface area contributed by atoms with Crippen molar-refractivity contribution in [3.63, 3.8) is 0 Å². The highest BCUT2D eigenvalue weighted by molar-refractivity contribution is 7.89. The van der Waals surface area contributed by atoms with Crippen LogP contribution in [0, 0.1) is 0 Å². The number of alkyl halides is 3. The molecular formula is C15H13F3N2O2S. The van der Waals surface area contributed by atoms with Gasteiger partial charge >= 0.3 is 6.18 Å². The summed E-state index contributed by atoms with van der Waals surface area (Å²) >= 11 is 0. The van der Waals surface area contributed by atoms with E-state index in [0.717, 1.165) is 25.1 Å².